The van der Waals surface area contributed by atoms with Gasteiger partial charge in [-0.15, -0.1) is 12.4 Å². The van der Waals surface area contributed by atoms with E-state index in [1.165, 1.54) is 6.26 Å². The number of nitrogens with zero attached hydrogens (tertiary/aromatic N) is 2. The van der Waals surface area contributed by atoms with Crippen LogP contribution < -0.4 is 10.5 Å². The van der Waals surface area contributed by atoms with Gasteiger partial charge in [0.05, 0.1) is 13.7 Å². The first-order valence-corrected chi connectivity index (χ1v) is 7.73. The average Bonchev–Trinajstić information content (AvgIpc) is 3.10. The fourth-order valence-corrected chi connectivity index (χ4v) is 2.31. The molecule has 2 N–H and O–H groups in total. The Balaban J connectivity index is 0.00000312. The van der Waals surface area contributed by atoms with Gasteiger partial charge in [-0.1, -0.05) is 12.1 Å². The second-order valence-electron chi connectivity index (χ2n) is 5.26. The number of carbonyl (C=O) groups excluding carboxylic acids is 1. The van der Waals surface area contributed by atoms with Gasteiger partial charge in [-0.2, -0.15) is 0 Å². The molecule has 0 aliphatic heterocycles. The lowest BCUT2D eigenvalue weighted by Crippen LogP contribution is -2.32. The smallest absolute Gasteiger partial charge is 0.276 e. The van der Waals surface area contributed by atoms with Crippen LogP contribution in [0.3, 0.4) is 0 Å². The normalized spacial score (nSPS) is 10.2. The number of amides is 1. The molecule has 25 heavy (non-hydrogen) atoms. The van der Waals surface area contributed by atoms with Crippen molar-refractivity contribution in [2.45, 2.75) is 19.5 Å². The number of nitrogens with two attached hydrogens (primary N) is 1. The summed E-state index contributed by atoms with van der Waals surface area (Å²) in [4.78, 5) is 18.5. The van der Waals surface area contributed by atoms with Gasteiger partial charge in [0.2, 0.25) is 5.89 Å². The van der Waals surface area contributed by atoms with Gasteiger partial charge in [0.25, 0.3) is 5.91 Å². The molecule has 0 fully saturated rings. The van der Waals surface area contributed by atoms with E-state index in [2.05, 4.69) is 4.98 Å². The maximum atomic E-state index is 12.7. The molecule has 7 nitrogen and oxygen atoms in total. The van der Waals surface area contributed by atoms with Crippen LogP contribution in [0.1, 0.15) is 28.4 Å². The summed E-state index contributed by atoms with van der Waals surface area (Å²) in [5, 5.41) is 0. The molecule has 1 aromatic carbocycles. The van der Waals surface area contributed by atoms with Crippen molar-refractivity contribution in [2.75, 3.05) is 27.4 Å². The van der Waals surface area contributed by atoms with Crippen LogP contribution in [0.25, 0.3) is 0 Å². The molecule has 2 aromatic rings. The van der Waals surface area contributed by atoms with Crippen molar-refractivity contribution in [3.63, 3.8) is 0 Å². The number of hydrogen-bond donors (Lipinski definition) is 1. The van der Waals surface area contributed by atoms with Crippen LogP contribution in [0, 0.1) is 0 Å². The zero-order valence-electron chi connectivity index (χ0n) is 14.4. The molecule has 1 heterocycles. The lowest BCUT2D eigenvalue weighted by Gasteiger charge is -2.22. The van der Waals surface area contributed by atoms with Crippen molar-refractivity contribution < 1.29 is 18.7 Å². The molecule has 0 spiro atoms. The lowest BCUT2D eigenvalue weighted by atomic mass is 10.2. The third-order valence-electron chi connectivity index (χ3n) is 3.52. The minimum Gasteiger partial charge on any atom is -0.497 e. The molecule has 0 bridgehead atoms. The van der Waals surface area contributed by atoms with Gasteiger partial charge < -0.3 is 24.5 Å². The van der Waals surface area contributed by atoms with E-state index >= 15 is 0 Å². The summed E-state index contributed by atoms with van der Waals surface area (Å²) in [6.45, 7) is 1.74. The van der Waals surface area contributed by atoms with E-state index in [1.807, 2.05) is 24.3 Å². The van der Waals surface area contributed by atoms with Crippen LogP contribution in [0.2, 0.25) is 0 Å². The molecule has 0 atom stereocenters. The predicted octanol–water partition coefficient (Wildman–Crippen LogP) is 2.24. The highest BCUT2D eigenvalue weighted by molar-refractivity contribution is 5.92. The molecule has 8 heteroatoms. The first-order valence-electron chi connectivity index (χ1n) is 7.73. The Morgan fingerprint density at radius 2 is 2.16 bits per heavy atom. The standard InChI is InChI=1S/C17H23N3O4.ClH/c1-22-8-4-7-20(11-13-5-3-6-14(9-13)23-2)17(21)15-12-24-16(10-18)19-15;/h3,5-6,9,12H,4,7-8,10-11,18H2,1-2H3;1H. The molecule has 0 aliphatic rings. The molecule has 0 aliphatic carbocycles. The van der Waals surface area contributed by atoms with E-state index in [0.29, 0.717) is 25.6 Å². The Hall–Kier alpha value is -2.09. The number of carbonyl (C=O) groups is 1. The number of aromatic nitrogens is 1. The summed E-state index contributed by atoms with van der Waals surface area (Å²) in [6.07, 6.45) is 2.08. The van der Waals surface area contributed by atoms with Crippen molar-refractivity contribution in [1.29, 1.82) is 0 Å². The van der Waals surface area contributed by atoms with Crippen molar-refractivity contribution in [2.24, 2.45) is 5.73 Å². The lowest BCUT2D eigenvalue weighted by molar-refractivity contribution is 0.0717. The summed E-state index contributed by atoms with van der Waals surface area (Å²) in [6, 6.07) is 7.62. The molecule has 2 rings (SSSR count). The van der Waals surface area contributed by atoms with E-state index in [0.717, 1.165) is 17.7 Å². The SMILES string of the molecule is COCCCN(Cc1cccc(OC)c1)C(=O)c1coc(CN)n1.Cl. The molecule has 0 radical (unpaired) electrons. The van der Waals surface area contributed by atoms with Crippen LogP contribution in [0.4, 0.5) is 0 Å². The Bertz CT molecular complexity index is 663. The first-order chi connectivity index (χ1) is 11.7. The number of oxazole rings is 1. The summed E-state index contributed by atoms with van der Waals surface area (Å²) in [5.41, 5.74) is 6.72. The van der Waals surface area contributed by atoms with Crippen LogP contribution >= 0.6 is 12.4 Å². The van der Waals surface area contributed by atoms with E-state index in [1.54, 1.807) is 19.1 Å². The zero-order valence-corrected chi connectivity index (χ0v) is 15.3. The van der Waals surface area contributed by atoms with Gasteiger partial charge in [-0.25, -0.2) is 4.98 Å². The van der Waals surface area contributed by atoms with Gasteiger partial charge in [0.1, 0.15) is 12.0 Å². The molecule has 0 saturated carbocycles. The quantitative estimate of drug-likeness (QED) is 0.681. The number of halogens is 1. The monoisotopic (exact) mass is 369 g/mol. The van der Waals surface area contributed by atoms with Crippen molar-refractivity contribution in [1.82, 2.24) is 9.88 Å². The van der Waals surface area contributed by atoms with E-state index in [-0.39, 0.29) is 30.6 Å². The molecule has 1 aromatic heterocycles. The van der Waals surface area contributed by atoms with E-state index < -0.39 is 0 Å². The minimum absolute atomic E-state index is 0. The van der Waals surface area contributed by atoms with Gasteiger partial charge in [0.15, 0.2) is 5.69 Å². The summed E-state index contributed by atoms with van der Waals surface area (Å²) < 4.78 is 15.5. The Labute approximate surface area is 153 Å². The highest BCUT2D eigenvalue weighted by atomic mass is 35.5. The van der Waals surface area contributed by atoms with Gasteiger partial charge in [-0.05, 0) is 24.1 Å². The number of rotatable bonds is 9. The minimum atomic E-state index is -0.197. The number of ether oxygens (including phenoxy) is 2. The second kappa shape index (κ2) is 10.7. The number of methoxy groups -OCH3 is 2. The Morgan fingerprint density at radius 3 is 2.80 bits per heavy atom. The zero-order chi connectivity index (χ0) is 17.4. The number of hydrogen-bond acceptors (Lipinski definition) is 6. The predicted molar refractivity (Wildman–Crippen MR) is 95.9 cm³/mol. The Kier molecular flexibility index (Phi) is 8.98. The summed E-state index contributed by atoms with van der Waals surface area (Å²) in [7, 11) is 3.25. The molecule has 0 unspecified atom stereocenters. The largest absolute Gasteiger partial charge is 0.497 e. The maximum Gasteiger partial charge on any atom is 0.276 e. The van der Waals surface area contributed by atoms with Crippen LogP contribution in [0.5, 0.6) is 5.75 Å². The topological polar surface area (TPSA) is 90.8 Å². The van der Waals surface area contributed by atoms with Gasteiger partial charge >= 0.3 is 0 Å². The fraction of sp³-hybridized carbons (Fsp3) is 0.412. The average molecular weight is 370 g/mol. The summed E-state index contributed by atoms with van der Waals surface area (Å²) in [5.74, 6) is 0.901. The first kappa shape index (κ1) is 21.0. The van der Waals surface area contributed by atoms with Crippen molar-refractivity contribution in [3.05, 3.63) is 47.7 Å². The van der Waals surface area contributed by atoms with Crippen molar-refractivity contribution >= 4 is 18.3 Å². The molecule has 1 amide bonds. The third kappa shape index (κ3) is 6.04. The van der Waals surface area contributed by atoms with Crippen LogP contribution in [-0.2, 0) is 17.8 Å². The van der Waals surface area contributed by atoms with Crippen LogP contribution in [-0.4, -0.2) is 43.2 Å². The molecular formula is C17H24ClN3O4. The maximum absolute atomic E-state index is 12.7. The van der Waals surface area contributed by atoms with Gasteiger partial charge in [0, 0.05) is 26.8 Å². The fourth-order valence-electron chi connectivity index (χ4n) is 2.31. The van der Waals surface area contributed by atoms with Crippen LogP contribution in [0.15, 0.2) is 34.9 Å². The molecular weight excluding hydrogens is 346 g/mol. The van der Waals surface area contributed by atoms with E-state index in [9.17, 15) is 4.79 Å². The van der Waals surface area contributed by atoms with Crippen molar-refractivity contribution in [3.8, 4) is 5.75 Å². The summed E-state index contributed by atoms with van der Waals surface area (Å²) >= 11 is 0. The highest BCUT2D eigenvalue weighted by Gasteiger charge is 2.20. The molecule has 0 saturated heterocycles. The number of benzene rings is 1. The molecule has 138 valence electrons. The second-order valence-corrected chi connectivity index (χ2v) is 5.26. The van der Waals surface area contributed by atoms with E-state index in [4.69, 9.17) is 19.6 Å². The highest BCUT2D eigenvalue weighted by Crippen LogP contribution is 2.16. The Morgan fingerprint density at radius 1 is 1.36 bits per heavy atom. The van der Waals surface area contributed by atoms with Gasteiger partial charge in [-0.3, -0.25) is 4.79 Å². The third-order valence-corrected chi connectivity index (χ3v) is 3.52.